The highest BCUT2D eigenvalue weighted by molar-refractivity contribution is 9.10. The molecule has 0 unspecified atom stereocenters. The van der Waals surface area contributed by atoms with E-state index < -0.39 is 0 Å². The van der Waals surface area contributed by atoms with Crippen molar-refractivity contribution in [1.82, 2.24) is 9.36 Å². The third-order valence-corrected chi connectivity index (χ3v) is 3.89. The Hall–Kier alpha value is -2.05. The van der Waals surface area contributed by atoms with E-state index in [9.17, 15) is 4.79 Å². The predicted octanol–water partition coefficient (Wildman–Crippen LogP) is 4.22. The average Bonchev–Trinajstić information content (AvgIpc) is 2.97. The molecule has 1 aromatic heterocycles. The molecule has 1 N–H and O–H groups in total. The lowest BCUT2D eigenvalue weighted by molar-refractivity contribution is 0.102. The van der Waals surface area contributed by atoms with Gasteiger partial charge in [-0.15, -0.1) is 0 Å². The lowest BCUT2D eigenvalue weighted by atomic mass is 10.2. The summed E-state index contributed by atoms with van der Waals surface area (Å²) in [4.78, 5) is 16.5. The predicted molar refractivity (Wildman–Crippen MR) is 87.4 cm³/mol. The molecule has 0 saturated heterocycles. The number of hydrogen-bond donors (Lipinski definition) is 1. The number of aromatic nitrogens is 2. The molecule has 0 atom stereocenters. The fourth-order valence-electron chi connectivity index (χ4n) is 1.78. The minimum Gasteiger partial charge on any atom is -0.297 e. The molecule has 0 fully saturated rings. The van der Waals surface area contributed by atoms with Crippen molar-refractivity contribution in [3.05, 3.63) is 64.6 Å². The maximum atomic E-state index is 12.1. The van der Waals surface area contributed by atoms with Crippen molar-refractivity contribution >= 4 is 38.5 Å². The van der Waals surface area contributed by atoms with Crippen molar-refractivity contribution in [2.24, 2.45) is 0 Å². The summed E-state index contributed by atoms with van der Waals surface area (Å²) in [6.07, 6.45) is 0. The summed E-state index contributed by atoms with van der Waals surface area (Å²) >= 11 is 4.51. The van der Waals surface area contributed by atoms with Crippen molar-refractivity contribution in [2.45, 2.75) is 0 Å². The molecule has 0 spiro atoms. The van der Waals surface area contributed by atoms with Crippen LogP contribution in [0.15, 0.2) is 59.1 Å². The van der Waals surface area contributed by atoms with Crippen LogP contribution < -0.4 is 5.32 Å². The lowest BCUT2D eigenvalue weighted by Gasteiger charge is -2.01. The summed E-state index contributed by atoms with van der Waals surface area (Å²) in [5.74, 6) is 0.414. The summed E-state index contributed by atoms with van der Waals surface area (Å²) in [5, 5.41) is 3.25. The van der Waals surface area contributed by atoms with E-state index in [1.54, 1.807) is 12.1 Å². The number of rotatable bonds is 3. The van der Waals surface area contributed by atoms with Crippen LogP contribution in [-0.2, 0) is 0 Å². The monoisotopic (exact) mass is 359 g/mol. The number of carbonyl (C=O) groups excluding carboxylic acids is 1. The SMILES string of the molecule is O=C(Nc1nc(-c2ccccc2)ns1)c1cccc(Br)c1. The van der Waals surface area contributed by atoms with Gasteiger partial charge in [0.25, 0.3) is 5.91 Å². The zero-order chi connectivity index (χ0) is 14.7. The van der Waals surface area contributed by atoms with Gasteiger partial charge in [0.2, 0.25) is 5.13 Å². The van der Waals surface area contributed by atoms with E-state index in [0.717, 1.165) is 10.0 Å². The van der Waals surface area contributed by atoms with Crippen LogP contribution in [0.3, 0.4) is 0 Å². The van der Waals surface area contributed by atoms with Gasteiger partial charge in [0.15, 0.2) is 5.82 Å². The molecule has 0 aliphatic heterocycles. The number of nitrogens with one attached hydrogen (secondary N) is 1. The normalized spacial score (nSPS) is 10.3. The summed E-state index contributed by atoms with van der Waals surface area (Å²) in [6, 6.07) is 16.8. The summed E-state index contributed by atoms with van der Waals surface area (Å²) in [5.41, 5.74) is 1.50. The van der Waals surface area contributed by atoms with Crippen LogP contribution in [0.25, 0.3) is 11.4 Å². The van der Waals surface area contributed by atoms with Gasteiger partial charge in [-0.25, -0.2) is 0 Å². The fraction of sp³-hybridized carbons (Fsp3) is 0. The standard InChI is InChI=1S/C15H10BrN3OS/c16-12-8-4-7-11(9-12)14(20)18-15-17-13(19-21-15)10-5-2-1-3-6-10/h1-9H,(H,17,18,19,20). The van der Waals surface area contributed by atoms with Crippen LogP contribution in [-0.4, -0.2) is 15.3 Å². The molecule has 3 rings (SSSR count). The van der Waals surface area contributed by atoms with Gasteiger partial charge in [0.1, 0.15) is 0 Å². The minimum atomic E-state index is -0.202. The van der Waals surface area contributed by atoms with Crippen LogP contribution in [0, 0.1) is 0 Å². The molecule has 0 aliphatic rings. The number of halogens is 1. The molecule has 0 radical (unpaired) electrons. The van der Waals surface area contributed by atoms with E-state index in [1.807, 2.05) is 42.5 Å². The largest absolute Gasteiger partial charge is 0.297 e. The molecule has 1 amide bonds. The van der Waals surface area contributed by atoms with Crippen molar-refractivity contribution in [3.8, 4) is 11.4 Å². The van der Waals surface area contributed by atoms with E-state index in [4.69, 9.17) is 0 Å². The molecule has 2 aromatic carbocycles. The average molecular weight is 360 g/mol. The molecule has 0 saturated carbocycles. The number of benzene rings is 2. The summed E-state index contributed by atoms with van der Waals surface area (Å²) in [7, 11) is 0. The van der Waals surface area contributed by atoms with Crippen LogP contribution >= 0.6 is 27.5 Å². The quantitative estimate of drug-likeness (QED) is 0.761. The van der Waals surface area contributed by atoms with E-state index >= 15 is 0 Å². The van der Waals surface area contributed by atoms with Crippen molar-refractivity contribution < 1.29 is 4.79 Å². The molecular formula is C15H10BrN3OS. The molecule has 1 heterocycles. The van der Waals surface area contributed by atoms with Gasteiger partial charge in [0.05, 0.1) is 0 Å². The van der Waals surface area contributed by atoms with E-state index in [-0.39, 0.29) is 5.91 Å². The first kappa shape index (κ1) is 13.9. The second-order valence-electron chi connectivity index (χ2n) is 4.25. The lowest BCUT2D eigenvalue weighted by Crippen LogP contribution is -2.11. The molecule has 4 nitrogen and oxygen atoms in total. The Kier molecular flexibility index (Phi) is 4.08. The Bertz CT molecular complexity index is 773. The molecule has 104 valence electrons. The Morgan fingerprint density at radius 3 is 2.67 bits per heavy atom. The van der Waals surface area contributed by atoms with Crippen LogP contribution in [0.2, 0.25) is 0 Å². The second kappa shape index (κ2) is 6.15. The first-order valence-electron chi connectivity index (χ1n) is 6.18. The third-order valence-electron chi connectivity index (χ3n) is 2.77. The minimum absolute atomic E-state index is 0.202. The van der Waals surface area contributed by atoms with Crippen molar-refractivity contribution in [1.29, 1.82) is 0 Å². The molecular weight excluding hydrogens is 350 g/mol. The zero-order valence-corrected chi connectivity index (χ0v) is 13.2. The smallest absolute Gasteiger partial charge is 0.257 e. The molecule has 0 bridgehead atoms. The number of amides is 1. The van der Waals surface area contributed by atoms with Gasteiger partial charge in [-0.2, -0.15) is 9.36 Å². The van der Waals surface area contributed by atoms with Gasteiger partial charge in [-0.1, -0.05) is 52.3 Å². The Morgan fingerprint density at radius 1 is 1.10 bits per heavy atom. The Labute approximate surface area is 134 Å². The van der Waals surface area contributed by atoms with Crippen LogP contribution in [0.1, 0.15) is 10.4 Å². The van der Waals surface area contributed by atoms with E-state index in [2.05, 4.69) is 30.6 Å². The fourth-order valence-corrected chi connectivity index (χ4v) is 2.76. The second-order valence-corrected chi connectivity index (χ2v) is 5.92. The van der Waals surface area contributed by atoms with Crippen molar-refractivity contribution in [2.75, 3.05) is 5.32 Å². The molecule has 6 heteroatoms. The molecule has 21 heavy (non-hydrogen) atoms. The van der Waals surface area contributed by atoms with Gasteiger partial charge in [-0.3, -0.25) is 10.1 Å². The number of nitrogens with zero attached hydrogens (tertiary/aromatic N) is 2. The van der Waals surface area contributed by atoms with Gasteiger partial charge < -0.3 is 0 Å². The maximum Gasteiger partial charge on any atom is 0.257 e. The molecule has 0 aliphatic carbocycles. The summed E-state index contributed by atoms with van der Waals surface area (Å²) < 4.78 is 5.12. The topological polar surface area (TPSA) is 54.9 Å². The van der Waals surface area contributed by atoms with Gasteiger partial charge in [-0.05, 0) is 18.2 Å². The van der Waals surface area contributed by atoms with Crippen LogP contribution in [0.4, 0.5) is 5.13 Å². The maximum absolute atomic E-state index is 12.1. The number of anilines is 1. The summed E-state index contributed by atoms with van der Waals surface area (Å²) in [6.45, 7) is 0. The zero-order valence-electron chi connectivity index (χ0n) is 10.8. The van der Waals surface area contributed by atoms with Crippen molar-refractivity contribution in [3.63, 3.8) is 0 Å². The highest BCUT2D eigenvalue weighted by atomic mass is 79.9. The Morgan fingerprint density at radius 2 is 1.90 bits per heavy atom. The molecule has 3 aromatic rings. The van der Waals surface area contributed by atoms with E-state index in [0.29, 0.717) is 16.5 Å². The number of carbonyl (C=O) groups is 1. The highest BCUT2D eigenvalue weighted by Crippen LogP contribution is 2.21. The number of hydrogen-bond acceptors (Lipinski definition) is 4. The highest BCUT2D eigenvalue weighted by Gasteiger charge is 2.11. The van der Waals surface area contributed by atoms with E-state index in [1.165, 1.54) is 11.5 Å². The van der Waals surface area contributed by atoms with Gasteiger partial charge in [0, 0.05) is 27.1 Å². The van der Waals surface area contributed by atoms with Crippen LogP contribution in [0.5, 0.6) is 0 Å². The third kappa shape index (κ3) is 3.34. The first-order chi connectivity index (χ1) is 10.2. The first-order valence-corrected chi connectivity index (χ1v) is 7.75. The Balaban J connectivity index is 1.77. The van der Waals surface area contributed by atoms with Gasteiger partial charge >= 0.3 is 0 Å².